The Morgan fingerprint density at radius 2 is 1.72 bits per heavy atom. The van der Waals surface area contributed by atoms with E-state index in [-0.39, 0.29) is 5.54 Å². The monoisotopic (exact) mass is 353 g/mol. The predicted molar refractivity (Wildman–Crippen MR) is 98.4 cm³/mol. The van der Waals surface area contributed by atoms with E-state index in [4.69, 9.17) is 24.5 Å². The molecule has 0 radical (unpaired) electrons. The minimum Gasteiger partial charge on any atom is -0.494 e. The first-order valence-electron chi connectivity index (χ1n) is 8.38. The van der Waals surface area contributed by atoms with Crippen LogP contribution in [0.5, 0.6) is 5.75 Å². The molecule has 0 bridgehead atoms. The van der Waals surface area contributed by atoms with Gasteiger partial charge in [0, 0.05) is 5.54 Å². The van der Waals surface area contributed by atoms with E-state index in [0.29, 0.717) is 5.92 Å². The summed E-state index contributed by atoms with van der Waals surface area (Å²) < 4.78 is 5.80. The van der Waals surface area contributed by atoms with Gasteiger partial charge < -0.3 is 20.3 Å². The molecule has 6 heteroatoms. The number of aliphatic carboxylic acids is 2. The van der Waals surface area contributed by atoms with Gasteiger partial charge in [0.05, 0.1) is 6.61 Å². The highest BCUT2D eigenvalue weighted by Crippen LogP contribution is 2.23. The zero-order chi connectivity index (χ0) is 19.6. The van der Waals surface area contributed by atoms with Crippen LogP contribution in [0.4, 0.5) is 0 Å². The van der Waals surface area contributed by atoms with Gasteiger partial charge >= 0.3 is 11.9 Å². The van der Waals surface area contributed by atoms with Crippen LogP contribution in [0.1, 0.15) is 58.1 Å². The molecular weight excluding hydrogens is 322 g/mol. The van der Waals surface area contributed by atoms with E-state index in [0.717, 1.165) is 25.3 Å². The first-order chi connectivity index (χ1) is 11.4. The Bertz CT molecular complexity index is 549. The molecule has 0 saturated carbocycles. The molecule has 1 aromatic rings. The highest BCUT2D eigenvalue weighted by Gasteiger charge is 2.08. The van der Waals surface area contributed by atoms with Gasteiger partial charge in [-0.25, -0.2) is 9.59 Å². The van der Waals surface area contributed by atoms with E-state index >= 15 is 0 Å². The van der Waals surface area contributed by atoms with Crippen molar-refractivity contribution in [1.29, 1.82) is 0 Å². The zero-order valence-electron chi connectivity index (χ0n) is 16.0. The number of hydrogen-bond acceptors (Lipinski definition) is 4. The van der Waals surface area contributed by atoms with Gasteiger partial charge in [0.1, 0.15) is 5.75 Å². The van der Waals surface area contributed by atoms with Crippen molar-refractivity contribution in [2.24, 2.45) is 0 Å². The number of rotatable bonds is 6. The van der Waals surface area contributed by atoms with Gasteiger partial charge in [0.25, 0.3) is 0 Å². The van der Waals surface area contributed by atoms with Crippen LogP contribution in [-0.2, 0) is 9.59 Å². The van der Waals surface area contributed by atoms with E-state index in [1.807, 2.05) is 0 Å². The largest absolute Gasteiger partial charge is 0.494 e. The Balaban J connectivity index is 0.000000823. The highest BCUT2D eigenvalue weighted by atomic mass is 16.5. The summed E-state index contributed by atoms with van der Waals surface area (Å²) in [5.74, 6) is -2.09. The fourth-order valence-electron chi connectivity index (χ4n) is 2.11. The number of carboxylic acid groups (broad SMARTS) is 2. The minimum atomic E-state index is -1.82. The maximum Gasteiger partial charge on any atom is 0.414 e. The first-order valence-corrected chi connectivity index (χ1v) is 8.38. The summed E-state index contributed by atoms with van der Waals surface area (Å²) in [6, 6.07) is 6.41. The summed E-state index contributed by atoms with van der Waals surface area (Å²) in [5, 5.41) is 18.2. The molecule has 6 nitrogen and oxygen atoms in total. The van der Waals surface area contributed by atoms with Gasteiger partial charge in [-0.15, -0.1) is 0 Å². The molecule has 0 saturated heterocycles. The van der Waals surface area contributed by atoms with Crippen LogP contribution in [-0.4, -0.2) is 40.8 Å². The summed E-state index contributed by atoms with van der Waals surface area (Å²) in [5.41, 5.74) is 2.91. The quantitative estimate of drug-likeness (QED) is 0.536. The van der Waals surface area contributed by atoms with Crippen LogP contribution in [0, 0.1) is 6.92 Å². The van der Waals surface area contributed by atoms with Crippen LogP contribution >= 0.6 is 0 Å². The lowest BCUT2D eigenvalue weighted by Crippen LogP contribution is -2.36. The number of ether oxygens (including phenoxy) is 1. The standard InChI is InChI=1S/C17H29NO.C2H2O4/c1-13(2)16-9-8-15(12-14(16)3)19-11-7-10-18-17(4,5)6;3-1(4)2(5)6/h8-9,12-13,18H,7,10-11H2,1-6H3;(H,3,4)(H,5,6). The van der Waals surface area contributed by atoms with Crippen molar-refractivity contribution in [3.63, 3.8) is 0 Å². The molecule has 0 spiro atoms. The van der Waals surface area contributed by atoms with Gasteiger partial charge in [-0.05, 0) is 69.8 Å². The molecule has 3 N–H and O–H groups in total. The van der Waals surface area contributed by atoms with Gasteiger partial charge in [-0.1, -0.05) is 19.9 Å². The average molecular weight is 353 g/mol. The summed E-state index contributed by atoms with van der Waals surface area (Å²) in [6.45, 7) is 14.9. The summed E-state index contributed by atoms with van der Waals surface area (Å²) in [4.78, 5) is 18.2. The molecule has 1 rings (SSSR count). The molecule has 1 aromatic carbocycles. The predicted octanol–water partition coefficient (Wildman–Crippen LogP) is 3.43. The first kappa shape index (κ1) is 22.9. The Kier molecular flexibility index (Phi) is 9.82. The smallest absolute Gasteiger partial charge is 0.414 e. The second-order valence-corrected chi connectivity index (χ2v) is 7.16. The summed E-state index contributed by atoms with van der Waals surface area (Å²) >= 11 is 0. The molecule has 0 fully saturated rings. The van der Waals surface area contributed by atoms with Crippen molar-refractivity contribution in [2.45, 2.75) is 59.4 Å². The molecule has 0 atom stereocenters. The van der Waals surface area contributed by atoms with Crippen LogP contribution in [0.25, 0.3) is 0 Å². The Morgan fingerprint density at radius 3 is 2.12 bits per heavy atom. The molecule has 0 aliphatic carbocycles. The topological polar surface area (TPSA) is 95.9 Å². The number of carbonyl (C=O) groups is 2. The van der Waals surface area contributed by atoms with E-state index in [1.54, 1.807) is 0 Å². The molecule has 0 aromatic heterocycles. The van der Waals surface area contributed by atoms with Crippen LogP contribution < -0.4 is 10.1 Å². The maximum atomic E-state index is 9.10. The second-order valence-electron chi connectivity index (χ2n) is 7.16. The normalized spacial score (nSPS) is 10.8. The van der Waals surface area contributed by atoms with E-state index in [2.05, 4.69) is 65.1 Å². The van der Waals surface area contributed by atoms with Crippen LogP contribution in [0.15, 0.2) is 18.2 Å². The summed E-state index contributed by atoms with van der Waals surface area (Å²) in [7, 11) is 0. The average Bonchev–Trinajstić information content (AvgIpc) is 2.45. The van der Waals surface area contributed by atoms with Crippen LogP contribution in [0.3, 0.4) is 0 Å². The van der Waals surface area contributed by atoms with Crippen molar-refractivity contribution in [3.05, 3.63) is 29.3 Å². The van der Waals surface area contributed by atoms with E-state index < -0.39 is 11.9 Å². The lowest BCUT2D eigenvalue weighted by molar-refractivity contribution is -0.159. The van der Waals surface area contributed by atoms with Gasteiger partial charge in [0.15, 0.2) is 0 Å². The molecule has 142 valence electrons. The molecule has 0 heterocycles. The second kappa shape index (κ2) is 10.7. The molecule has 25 heavy (non-hydrogen) atoms. The zero-order valence-corrected chi connectivity index (χ0v) is 16.0. The summed E-state index contributed by atoms with van der Waals surface area (Å²) in [6.07, 6.45) is 1.03. The minimum absolute atomic E-state index is 0.190. The number of nitrogens with one attached hydrogen (secondary N) is 1. The lowest BCUT2D eigenvalue weighted by Gasteiger charge is -2.20. The van der Waals surface area contributed by atoms with Gasteiger partial charge in [-0.2, -0.15) is 0 Å². The van der Waals surface area contributed by atoms with Crippen molar-refractivity contribution in [1.82, 2.24) is 5.32 Å². The number of hydrogen-bond donors (Lipinski definition) is 3. The van der Waals surface area contributed by atoms with E-state index in [9.17, 15) is 0 Å². The highest BCUT2D eigenvalue weighted by molar-refractivity contribution is 6.27. The van der Waals surface area contributed by atoms with Crippen molar-refractivity contribution in [3.8, 4) is 5.75 Å². The van der Waals surface area contributed by atoms with Crippen molar-refractivity contribution in [2.75, 3.05) is 13.2 Å². The number of carboxylic acids is 2. The number of aryl methyl sites for hydroxylation is 1. The molecule has 0 aliphatic heterocycles. The fourth-order valence-corrected chi connectivity index (χ4v) is 2.11. The van der Waals surface area contributed by atoms with Crippen LogP contribution in [0.2, 0.25) is 0 Å². The van der Waals surface area contributed by atoms with Crippen molar-refractivity contribution >= 4 is 11.9 Å². The third-order valence-electron chi connectivity index (χ3n) is 3.29. The van der Waals surface area contributed by atoms with Crippen molar-refractivity contribution < 1.29 is 24.5 Å². The van der Waals surface area contributed by atoms with Gasteiger partial charge in [-0.3, -0.25) is 0 Å². The Labute approximate surface area is 150 Å². The fraction of sp³-hybridized carbons (Fsp3) is 0.579. The molecule has 0 amide bonds. The third kappa shape index (κ3) is 11.2. The van der Waals surface area contributed by atoms with E-state index in [1.165, 1.54) is 11.1 Å². The Morgan fingerprint density at radius 1 is 1.16 bits per heavy atom. The number of benzene rings is 1. The maximum absolute atomic E-state index is 9.10. The molecule has 0 unspecified atom stereocenters. The Hall–Kier alpha value is -2.08. The lowest BCUT2D eigenvalue weighted by atomic mass is 9.98. The SMILES string of the molecule is Cc1cc(OCCCNC(C)(C)C)ccc1C(C)C.O=C(O)C(=O)O. The van der Waals surface area contributed by atoms with Gasteiger partial charge in [0.2, 0.25) is 0 Å². The third-order valence-corrected chi connectivity index (χ3v) is 3.29. The molecule has 0 aliphatic rings. The molecular formula is C19H31NO5.